The Morgan fingerprint density at radius 1 is 1.25 bits per heavy atom. The summed E-state index contributed by atoms with van der Waals surface area (Å²) < 4.78 is 0. The second-order valence-corrected chi connectivity index (χ2v) is 3.54. The van der Waals surface area contributed by atoms with E-state index in [0.717, 1.165) is 0 Å². The highest BCUT2D eigenvalue weighted by Gasteiger charge is 2.21. The van der Waals surface area contributed by atoms with Crippen LogP contribution in [0.1, 0.15) is 39.2 Å². The van der Waals surface area contributed by atoms with Crippen LogP contribution in [0.2, 0.25) is 0 Å². The molecule has 1 radical (unpaired) electrons. The molecule has 0 N–H and O–H groups in total. The average molecular weight is 161 g/mol. The minimum absolute atomic E-state index is 0.321. The first kappa shape index (κ1) is 9.31. The van der Waals surface area contributed by atoms with Crippen LogP contribution >= 0.6 is 0 Å². The van der Waals surface area contributed by atoms with E-state index in [1.54, 1.807) is 0 Å². The molecule has 12 heavy (non-hydrogen) atoms. The molecule has 0 aliphatic rings. The van der Waals surface area contributed by atoms with Crippen LogP contribution in [0.3, 0.4) is 0 Å². The van der Waals surface area contributed by atoms with Gasteiger partial charge in [-0.1, -0.05) is 45.0 Å². The van der Waals surface area contributed by atoms with E-state index in [-0.39, 0.29) is 0 Å². The fraction of sp³-hybridized carbons (Fsp3) is 0.500. The highest BCUT2D eigenvalue weighted by Crippen LogP contribution is 2.29. The van der Waals surface area contributed by atoms with E-state index in [4.69, 9.17) is 0 Å². The Labute approximate surface area is 75.6 Å². The van der Waals surface area contributed by atoms with Crippen molar-refractivity contribution >= 4 is 0 Å². The van der Waals surface area contributed by atoms with Crippen LogP contribution in [-0.4, -0.2) is 0 Å². The molecule has 1 rings (SSSR count). The predicted octanol–water partition coefficient (Wildman–Crippen LogP) is 3.56. The summed E-state index contributed by atoms with van der Waals surface area (Å²) in [6, 6.07) is 11.6. The van der Waals surface area contributed by atoms with Gasteiger partial charge in [-0.15, -0.1) is 0 Å². The summed E-state index contributed by atoms with van der Waals surface area (Å²) in [5, 5.41) is 0. The van der Waals surface area contributed by atoms with Gasteiger partial charge in [-0.05, 0) is 29.9 Å². The van der Waals surface area contributed by atoms with Crippen LogP contribution in [0.5, 0.6) is 0 Å². The predicted molar refractivity (Wildman–Crippen MR) is 53.2 cm³/mol. The molecule has 0 aromatic heterocycles. The van der Waals surface area contributed by atoms with Crippen LogP contribution in [0.25, 0.3) is 0 Å². The van der Waals surface area contributed by atoms with Gasteiger partial charge < -0.3 is 0 Å². The van der Waals surface area contributed by atoms with Crippen LogP contribution in [0.15, 0.2) is 24.3 Å². The molecule has 0 spiro atoms. The van der Waals surface area contributed by atoms with Gasteiger partial charge in [-0.2, -0.15) is 0 Å². The maximum Gasteiger partial charge on any atom is -0.00743 e. The summed E-state index contributed by atoms with van der Waals surface area (Å²) in [6.07, 6.45) is 2.37. The molecule has 0 unspecified atom stereocenters. The number of hydrogen-bond acceptors (Lipinski definition) is 0. The smallest absolute Gasteiger partial charge is 0.00743 e. The zero-order valence-corrected chi connectivity index (χ0v) is 8.22. The Hall–Kier alpha value is -0.780. The van der Waals surface area contributed by atoms with Crippen LogP contribution < -0.4 is 0 Å². The van der Waals surface area contributed by atoms with Crippen molar-refractivity contribution < 1.29 is 0 Å². The van der Waals surface area contributed by atoms with Crippen LogP contribution in [0, 0.1) is 6.07 Å². The van der Waals surface area contributed by atoms with Gasteiger partial charge in [0.1, 0.15) is 0 Å². The summed E-state index contributed by atoms with van der Waals surface area (Å²) in [5.41, 5.74) is 1.66. The molecule has 0 bridgehead atoms. The molecular weight excluding hydrogens is 144 g/mol. The molecule has 0 amide bonds. The summed E-state index contributed by atoms with van der Waals surface area (Å²) >= 11 is 0. The molecule has 0 heterocycles. The van der Waals surface area contributed by atoms with Crippen LogP contribution in [0.4, 0.5) is 0 Å². The fourth-order valence-corrected chi connectivity index (χ4v) is 1.40. The van der Waals surface area contributed by atoms with Crippen molar-refractivity contribution in [1.82, 2.24) is 0 Å². The van der Waals surface area contributed by atoms with Crippen molar-refractivity contribution in [1.29, 1.82) is 0 Å². The van der Waals surface area contributed by atoms with Gasteiger partial charge in [0.2, 0.25) is 0 Å². The second-order valence-electron chi connectivity index (χ2n) is 3.54. The van der Waals surface area contributed by atoms with E-state index >= 15 is 0 Å². The molecular formula is C12H17. The van der Waals surface area contributed by atoms with E-state index in [2.05, 4.69) is 39.0 Å². The topological polar surface area (TPSA) is 0 Å². The Balaban J connectivity index is 2.95. The maximum absolute atomic E-state index is 3.31. The summed E-state index contributed by atoms with van der Waals surface area (Å²) in [5.74, 6) is 0. The first-order valence-corrected chi connectivity index (χ1v) is 4.70. The number of benzene rings is 1. The second kappa shape index (κ2) is 3.75. The molecule has 0 saturated carbocycles. The lowest BCUT2D eigenvalue weighted by atomic mass is 9.78. The Kier molecular flexibility index (Phi) is 2.91. The standard InChI is InChI=1S/C12H17/c1-4-12(3,5-2)11-9-7-6-8-10-11/h6-9H,4-5H2,1-3H3. The minimum Gasteiger partial charge on any atom is -0.0645 e. The van der Waals surface area contributed by atoms with Gasteiger partial charge in [0.05, 0.1) is 0 Å². The first-order chi connectivity index (χ1) is 5.73. The lowest BCUT2D eigenvalue weighted by molar-refractivity contribution is 0.438. The molecule has 0 saturated heterocycles. The van der Waals surface area contributed by atoms with E-state index in [1.165, 1.54) is 18.4 Å². The third kappa shape index (κ3) is 1.69. The molecule has 1 aromatic rings. The Morgan fingerprint density at radius 3 is 2.33 bits per heavy atom. The molecule has 0 aliphatic heterocycles. The molecule has 0 nitrogen and oxygen atoms in total. The fourth-order valence-electron chi connectivity index (χ4n) is 1.40. The highest BCUT2D eigenvalue weighted by atomic mass is 14.2. The largest absolute Gasteiger partial charge is 0.0645 e. The van der Waals surface area contributed by atoms with Gasteiger partial charge in [-0.3, -0.25) is 0 Å². The molecule has 0 fully saturated rings. The monoisotopic (exact) mass is 161 g/mol. The zero-order chi connectivity index (χ0) is 9.03. The summed E-state index contributed by atoms with van der Waals surface area (Å²) in [4.78, 5) is 0. The lowest BCUT2D eigenvalue weighted by Gasteiger charge is -2.26. The van der Waals surface area contributed by atoms with Gasteiger partial charge in [0.25, 0.3) is 0 Å². The SMILES string of the molecule is CCC(C)(CC)c1[c]cccc1. The van der Waals surface area contributed by atoms with Crippen LogP contribution in [-0.2, 0) is 5.41 Å². The zero-order valence-electron chi connectivity index (χ0n) is 8.22. The molecule has 0 aliphatic carbocycles. The van der Waals surface area contributed by atoms with Crippen molar-refractivity contribution in [2.45, 2.75) is 39.0 Å². The van der Waals surface area contributed by atoms with Crippen molar-refractivity contribution in [3.8, 4) is 0 Å². The summed E-state index contributed by atoms with van der Waals surface area (Å²) in [7, 11) is 0. The van der Waals surface area contributed by atoms with Gasteiger partial charge in [-0.25, -0.2) is 0 Å². The average Bonchev–Trinajstić information content (AvgIpc) is 2.18. The Bertz CT molecular complexity index is 219. The van der Waals surface area contributed by atoms with Gasteiger partial charge >= 0.3 is 0 Å². The maximum atomic E-state index is 3.31. The van der Waals surface area contributed by atoms with Crippen molar-refractivity contribution in [3.63, 3.8) is 0 Å². The number of rotatable bonds is 3. The normalized spacial score (nSPS) is 11.6. The minimum atomic E-state index is 0.321. The van der Waals surface area contributed by atoms with Gasteiger partial charge in [0, 0.05) is 0 Å². The molecule has 0 atom stereocenters. The molecule has 0 heteroatoms. The van der Waals surface area contributed by atoms with E-state index in [1.807, 2.05) is 12.1 Å². The van der Waals surface area contributed by atoms with E-state index in [9.17, 15) is 0 Å². The number of hydrogen-bond donors (Lipinski definition) is 0. The summed E-state index contributed by atoms with van der Waals surface area (Å²) in [6.45, 7) is 6.79. The Morgan fingerprint density at radius 2 is 1.92 bits per heavy atom. The third-order valence-electron chi connectivity index (χ3n) is 2.92. The quantitative estimate of drug-likeness (QED) is 0.635. The first-order valence-electron chi connectivity index (χ1n) is 4.70. The van der Waals surface area contributed by atoms with Crippen molar-refractivity contribution in [3.05, 3.63) is 35.9 Å². The third-order valence-corrected chi connectivity index (χ3v) is 2.92. The van der Waals surface area contributed by atoms with Crippen molar-refractivity contribution in [2.24, 2.45) is 0 Å². The van der Waals surface area contributed by atoms with E-state index in [0.29, 0.717) is 5.41 Å². The molecule has 65 valence electrons. The van der Waals surface area contributed by atoms with Gasteiger partial charge in [0.15, 0.2) is 0 Å². The lowest BCUT2D eigenvalue weighted by Crippen LogP contribution is -2.19. The van der Waals surface area contributed by atoms with E-state index < -0.39 is 0 Å². The highest BCUT2D eigenvalue weighted by molar-refractivity contribution is 5.22. The molecule has 1 aromatic carbocycles. The van der Waals surface area contributed by atoms with Crippen molar-refractivity contribution in [2.75, 3.05) is 0 Å².